The van der Waals surface area contributed by atoms with E-state index in [0.29, 0.717) is 10.8 Å². The molecule has 3 aliphatic rings. The van der Waals surface area contributed by atoms with Crippen LogP contribution in [0.5, 0.6) is 0 Å². The second kappa shape index (κ2) is 8.57. The Morgan fingerprint density at radius 3 is 2.38 bits per heavy atom. The van der Waals surface area contributed by atoms with Crippen LogP contribution < -0.4 is 0 Å². The molecule has 0 radical (unpaired) electrons. The minimum Gasteiger partial charge on any atom is -0.0654 e. The van der Waals surface area contributed by atoms with Crippen molar-refractivity contribution in [2.75, 3.05) is 0 Å². The maximum Gasteiger partial charge on any atom is -0.0267 e. The largest absolute Gasteiger partial charge is 0.0654 e. The lowest BCUT2D eigenvalue weighted by molar-refractivity contribution is -0.0514. The van der Waals surface area contributed by atoms with Crippen LogP contribution in [0.25, 0.3) is 0 Å². The SMILES string of the molecule is CCCCC1CCC(C2C[C@H](CC)C3CCCCC3(C)C2)C1(C)CCC. The molecule has 26 heavy (non-hydrogen) atoms. The minimum atomic E-state index is 0.644. The van der Waals surface area contributed by atoms with Crippen molar-refractivity contribution in [3.63, 3.8) is 0 Å². The molecule has 0 aromatic rings. The molecule has 0 saturated heterocycles. The summed E-state index contributed by atoms with van der Waals surface area (Å²) in [5.74, 6) is 5.15. The average Bonchev–Trinajstić information content (AvgIpc) is 2.94. The number of hydrogen-bond donors (Lipinski definition) is 0. The summed E-state index contributed by atoms with van der Waals surface area (Å²) < 4.78 is 0. The lowest BCUT2D eigenvalue weighted by Crippen LogP contribution is -2.46. The van der Waals surface area contributed by atoms with Crippen molar-refractivity contribution in [2.24, 2.45) is 40.4 Å². The van der Waals surface area contributed by atoms with Crippen molar-refractivity contribution < 1.29 is 0 Å². The second-order valence-electron chi connectivity index (χ2n) is 11.2. The predicted octanol–water partition coefficient (Wildman–Crippen LogP) is 8.64. The van der Waals surface area contributed by atoms with Crippen molar-refractivity contribution >= 4 is 0 Å². The first kappa shape index (κ1) is 20.7. The molecule has 7 atom stereocenters. The first-order chi connectivity index (χ1) is 12.5. The lowest BCUT2D eigenvalue weighted by Gasteiger charge is -2.55. The van der Waals surface area contributed by atoms with Gasteiger partial charge in [0.15, 0.2) is 0 Å². The number of fused-ring (bicyclic) bond motifs is 1. The fourth-order valence-corrected chi connectivity index (χ4v) is 8.45. The Hall–Kier alpha value is 0. The van der Waals surface area contributed by atoms with Gasteiger partial charge in [-0.3, -0.25) is 0 Å². The smallest absolute Gasteiger partial charge is 0.0267 e. The summed E-state index contributed by atoms with van der Waals surface area (Å²) >= 11 is 0. The van der Waals surface area contributed by atoms with Crippen molar-refractivity contribution in [3.8, 4) is 0 Å². The quantitative estimate of drug-likeness (QED) is 0.426. The van der Waals surface area contributed by atoms with Crippen molar-refractivity contribution in [1.82, 2.24) is 0 Å². The summed E-state index contributed by atoms with van der Waals surface area (Å²) in [4.78, 5) is 0. The minimum absolute atomic E-state index is 0.644. The van der Waals surface area contributed by atoms with Crippen molar-refractivity contribution in [2.45, 2.75) is 125 Å². The number of hydrogen-bond acceptors (Lipinski definition) is 0. The van der Waals surface area contributed by atoms with Crippen LogP contribution in [-0.2, 0) is 0 Å². The number of rotatable bonds is 7. The van der Waals surface area contributed by atoms with Gasteiger partial charge in [0, 0.05) is 0 Å². The van der Waals surface area contributed by atoms with E-state index in [0.717, 1.165) is 29.6 Å². The molecular weight excluding hydrogens is 312 g/mol. The molecular formula is C26H48. The zero-order chi connectivity index (χ0) is 18.8. The molecule has 0 heterocycles. The fourth-order valence-electron chi connectivity index (χ4n) is 8.45. The molecule has 3 rings (SSSR count). The molecule has 6 unspecified atom stereocenters. The Bertz CT molecular complexity index is 439. The Morgan fingerprint density at radius 2 is 1.69 bits per heavy atom. The van der Waals surface area contributed by atoms with E-state index >= 15 is 0 Å². The molecule has 3 saturated carbocycles. The maximum atomic E-state index is 2.73. The van der Waals surface area contributed by atoms with E-state index in [1.165, 1.54) is 70.6 Å². The van der Waals surface area contributed by atoms with Crippen molar-refractivity contribution in [3.05, 3.63) is 0 Å². The van der Waals surface area contributed by atoms with Gasteiger partial charge in [0.1, 0.15) is 0 Å². The fraction of sp³-hybridized carbons (Fsp3) is 1.00. The average molecular weight is 361 g/mol. The van der Waals surface area contributed by atoms with Gasteiger partial charge in [0.25, 0.3) is 0 Å². The molecule has 0 aromatic carbocycles. The molecule has 0 nitrogen and oxygen atoms in total. The number of unbranched alkanes of at least 4 members (excludes halogenated alkanes) is 1. The third-order valence-electron chi connectivity index (χ3n) is 9.71. The summed E-state index contributed by atoms with van der Waals surface area (Å²) in [5.41, 5.74) is 1.32. The molecule has 0 N–H and O–H groups in total. The standard InChI is InChI=1S/C26H48/c1-6-9-12-22-14-15-24(26(22,5)16-7-2)21-18-20(8-3)23-13-10-11-17-25(23,4)19-21/h20-24H,6-19H2,1-5H3/t20-,21?,22?,23?,24?,25?,26?/m0/s1. The van der Waals surface area contributed by atoms with E-state index in [1.807, 2.05) is 0 Å². The molecule has 0 spiro atoms. The van der Waals surface area contributed by atoms with Gasteiger partial charge < -0.3 is 0 Å². The molecule has 152 valence electrons. The summed E-state index contributed by atoms with van der Waals surface area (Å²) in [5, 5.41) is 0. The van der Waals surface area contributed by atoms with E-state index in [9.17, 15) is 0 Å². The van der Waals surface area contributed by atoms with Gasteiger partial charge in [-0.25, -0.2) is 0 Å². The first-order valence-electron chi connectivity index (χ1n) is 12.5. The molecule has 0 amide bonds. The van der Waals surface area contributed by atoms with Crippen LogP contribution in [0.4, 0.5) is 0 Å². The summed E-state index contributed by atoms with van der Waals surface area (Å²) in [7, 11) is 0. The highest BCUT2D eigenvalue weighted by Gasteiger charge is 2.53. The van der Waals surface area contributed by atoms with Gasteiger partial charge in [-0.05, 0) is 91.8 Å². The van der Waals surface area contributed by atoms with Gasteiger partial charge in [-0.15, -0.1) is 0 Å². The van der Waals surface area contributed by atoms with Crippen LogP contribution in [0.2, 0.25) is 0 Å². The molecule has 0 aliphatic heterocycles. The van der Waals surface area contributed by atoms with Gasteiger partial charge in [-0.1, -0.05) is 73.1 Å². The van der Waals surface area contributed by atoms with Gasteiger partial charge in [0.2, 0.25) is 0 Å². The highest BCUT2D eigenvalue weighted by Crippen LogP contribution is 2.62. The predicted molar refractivity (Wildman–Crippen MR) is 115 cm³/mol. The summed E-state index contributed by atoms with van der Waals surface area (Å²) in [6.07, 6.45) is 21.0. The Labute approximate surface area is 165 Å². The highest BCUT2D eigenvalue weighted by molar-refractivity contribution is 5.03. The van der Waals surface area contributed by atoms with Crippen LogP contribution in [0.3, 0.4) is 0 Å². The van der Waals surface area contributed by atoms with Crippen LogP contribution >= 0.6 is 0 Å². The van der Waals surface area contributed by atoms with E-state index in [1.54, 1.807) is 19.3 Å². The Kier molecular flexibility index (Phi) is 6.83. The monoisotopic (exact) mass is 360 g/mol. The Morgan fingerprint density at radius 1 is 0.885 bits per heavy atom. The van der Waals surface area contributed by atoms with Gasteiger partial charge in [-0.2, -0.15) is 0 Å². The third kappa shape index (κ3) is 3.77. The van der Waals surface area contributed by atoms with E-state index in [-0.39, 0.29) is 0 Å². The van der Waals surface area contributed by atoms with E-state index < -0.39 is 0 Å². The highest BCUT2D eigenvalue weighted by atomic mass is 14.6. The van der Waals surface area contributed by atoms with Crippen molar-refractivity contribution in [1.29, 1.82) is 0 Å². The van der Waals surface area contributed by atoms with Crippen LogP contribution in [0.15, 0.2) is 0 Å². The normalized spacial score (nSPS) is 46.3. The van der Waals surface area contributed by atoms with E-state index in [2.05, 4.69) is 34.6 Å². The van der Waals surface area contributed by atoms with Crippen LogP contribution in [0.1, 0.15) is 125 Å². The summed E-state index contributed by atoms with van der Waals surface area (Å²) in [6.45, 7) is 12.7. The van der Waals surface area contributed by atoms with Gasteiger partial charge >= 0.3 is 0 Å². The molecule has 0 heteroatoms. The lowest BCUT2D eigenvalue weighted by atomic mass is 9.50. The van der Waals surface area contributed by atoms with Gasteiger partial charge in [0.05, 0.1) is 0 Å². The molecule has 3 aliphatic carbocycles. The molecule has 0 bridgehead atoms. The summed E-state index contributed by atoms with van der Waals surface area (Å²) in [6, 6.07) is 0. The van der Waals surface area contributed by atoms with Crippen LogP contribution in [-0.4, -0.2) is 0 Å². The first-order valence-corrected chi connectivity index (χ1v) is 12.5. The topological polar surface area (TPSA) is 0 Å². The second-order valence-corrected chi connectivity index (χ2v) is 11.2. The molecule has 0 aromatic heterocycles. The molecule has 3 fully saturated rings. The zero-order valence-electron chi connectivity index (χ0n) is 18.8. The zero-order valence-corrected chi connectivity index (χ0v) is 18.8. The van der Waals surface area contributed by atoms with E-state index in [4.69, 9.17) is 0 Å². The Balaban J connectivity index is 1.80. The third-order valence-corrected chi connectivity index (χ3v) is 9.71. The van der Waals surface area contributed by atoms with Crippen LogP contribution in [0, 0.1) is 40.4 Å². The maximum absolute atomic E-state index is 2.73.